The van der Waals surface area contributed by atoms with E-state index in [9.17, 15) is 0 Å². The van der Waals surface area contributed by atoms with E-state index in [0.717, 1.165) is 30.7 Å². The van der Waals surface area contributed by atoms with Crippen LogP contribution in [0.5, 0.6) is 5.75 Å². The van der Waals surface area contributed by atoms with Crippen molar-refractivity contribution in [3.8, 4) is 5.75 Å². The maximum atomic E-state index is 5.93. The summed E-state index contributed by atoms with van der Waals surface area (Å²) < 4.78 is 5.93. The fraction of sp³-hybridized carbons (Fsp3) is 0.571. The molecular formula is C14H20NO+. The van der Waals surface area contributed by atoms with E-state index >= 15 is 0 Å². The molecule has 3 N–H and O–H groups in total. The van der Waals surface area contributed by atoms with Crippen molar-refractivity contribution in [3.63, 3.8) is 0 Å². The van der Waals surface area contributed by atoms with Crippen LogP contribution < -0.4 is 10.5 Å². The Morgan fingerprint density at radius 1 is 1.25 bits per heavy atom. The van der Waals surface area contributed by atoms with Crippen LogP contribution in [0.3, 0.4) is 0 Å². The van der Waals surface area contributed by atoms with Crippen molar-refractivity contribution in [2.45, 2.75) is 25.2 Å². The Kier molecular flexibility index (Phi) is 2.60. The average Bonchev–Trinajstić information content (AvgIpc) is 3.20. The molecule has 16 heavy (non-hydrogen) atoms. The maximum absolute atomic E-state index is 5.93. The zero-order valence-electron chi connectivity index (χ0n) is 9.69. The van der Waals surface area contributed by atoms with Gasteiger partial charge in [-0.2, -0.15) is 0 Å². The molecule has 2 aliphatic rings. The molecule has 2 nitrogen and oxygen atoms in total. The number of quaternary nitrogens is 1. The van der Waals surface area contributed by atoms with E-state index in [4.69, 9.17) is 4.74 Å². The highest BCUT2D eigenvalue weighted by atomic mass is 16.5. The van der Waals surface area contributed by atoms with Gasteiger partial charge in [-0.3, -0.25) is 0 Å². The highest BCUT2D eigenvalue weighted by molar-refractivity contribution is 5.39. The normalized spacial score (nSPS) is 27.8. The molecule has 2 fully saturated rings. The summed E-state index contributed by atoms with van der Waals surface area (Å²) in [5.41, 5.74) is 5.41. The van der Waals surface area contributed by atoms with E-state index in [2.05, 4.69) is 30.0 Å². The number of benzene rings is 1. The van der Waals surface area contributed by atoms with Gasteiger partial charge in [-0.15, -0.1) is 0 Å². The smallest absolute Gasteiger partial charge is 0.122 e. The Labute approximate surface area is 96.8 Å². The third kappa shape index (κ3) is 2.07. The first-order valence-electron chi connectivity index (χ1n) is 6.39. The largest absolute Gasteiger partial charge is 0.493 e. The molecule has 0 heterocycles. The highest BCUT2D eigenvalue weighted by Crippen LogP contribution is 2.49. The van der Waals surface area contributed by atoms with Gasteiger partial charge in [0, 0.05) is 5.92 Å². The number of ether oxygens (including phenoxy) is 1. The van der Waals surface area contributed by atoms with Gasteiger partial charge in [-0.1, -0.05) is 18.2 Å². The quantitative estimate of drug-likeness (QED) is 0.804. The lowest BCUT2D eigenvalue weighted by Crippen LogP contribution is -2.51. The van der Waals surface area contributed by atoms with E-state index in [1.54, 1.807) is 0 Å². The molecule has 0 bridgehead atoms. The van der Waals surface area contributed by atoms with Gasteiger partial charge in [0.05, 0.1) is 13.2 Å². The molecule has 3 rings (SSSR count). The Hall–Kier alpha value is -1.02. The molecule has 0 saturated heterocycles. The average molecular weight is 218 g/mol. The molecule has 86 valence electrons. The lowest BCUT2D eigenvalue weighted by molar-refractivity contribution is -0.372. The van der Waals surface area contributed by atoms with E-state index < -0.39 is 0 Å². The van der Waals surface area contributed by atoms with Crippen molar-refractivity contribution in [3.05, 3.63) is 29.8 Å². The number of hydrogen-bond donors (Lipinski definition) is 1. The monoisotopic (exact) mass is 218 g/mol. The molecule has 2 aliphatic carbocycles. The van der Waals surface area contributed by atoms with Crippen LogP contribution in [0.1, 0.15) is 30.7 Å². The molecule has 0 aliphatic heterocycles. The molecule has 0 amide bonds. The molecular weight excluding hydrogens is 198 g/mol. The lowest BCUT2D eigenvalue weighted by atomic mass is 10.1. The van der Waals surface area contributed by atoms with Crippen LogP contribution in [0.15, 0.2) is 24.3 Å². The number of hydrogen-bond acceptors (Lipinski definition) is 1. The standard InChI is InChI=1S/C14H19NO/c15-8-11-7-13(11)12-3-1-2-4-14(12)16-9-10-5-6-10/h1-4,10-11,13H,5-9,15H2/p+1. The van der Waals surface area contributed by atoms with Gasteiger partial charge in [0.1, 0.15) is 5.75 Å². The van der Waals surface area contributed by atoms with Crippen LogP contribution in [0.2, 0.25) is 0 Å². The minimum absolute atomic E-state index is 0.716. The molecule has 1 aromatic rings. The van der Waals surface area contributed by atoms with Gasteiger partial charge >= 0.3 is 0 Å². The van der Waals surface area contributed by atoms with Crippen molar-refractivity contribution in [1.82, 2.24) is 0 Å². The Morgan fingerprint density at radius 3 is 2.75 bits per heavy atom. The molecule has 0 spiro atoms. The fourth-order valence-corrected chi connectivity index (χ4v) is 2.36. The zero-order valence-corrected chi connectivity index (χ0v) is 9.69. The molecule has 2 unspecified atom stereocenters. The highest BCUT2D eigenvalue weighted by Gasteiger charge is 2.40. The summed E-state index contributed by atoms with van der Waals surface area (Å²) >= 11 is 0. The molecule has 0 aromatic heterocycles. The Morgan fingerprint density at radius 2 is 2.06 bits per heavy atom. The van der Waals surface area contributed by atoms with E-state index in [1.807, 2.05) is 0 Å². The Balaban J connectivity index is 1.70. The molecule has 1 aromatic carbocycles. The lowest BCUT2D eigenvalue weighted by Gasteiger charge is -2.10. The van der Waals surface area contributed by atoms with E-state index in [0.29, 0.717) is 5.92 Å². The van der Waals surface area contributed by atoms with Crippen molar-refractivity contribution in [2.75, 3.05) is 13.2 Å². The van der Waals surface area contributed by atoms with Gasteiger partial charge < -0.3 is 10.5 Å². The van der Waals surface area contributed by atoms with Crippen LogP contribution in [0.25, 0.3) is 0 Å². The van der Waals surface area contributed by atoms with Crippen LogP contribution in [-0.2, 0) is 0 Å². The minimum Gasteiger partial charge on any atom is -0.493 e. The fourth-order valence-electron chi connectivity index (χ4n) is 2.36. The number of para-hydroxylation sites is 1. The van der Waals surface area contributed by atoms with Crippen LogP contribution in [0.4, 0.5) is 0 Å². The first-order chi connectivity index (χ1) is 7.88. The summed E-state index contributed by atoms with van der Waals surface area (Å²) in [6, 6.07) is 8.55. The summed E-state index contributed by atoms with van der Waals surface area (Å²) in [7, 11) is 0. The third-order valence-electron chi connectivity index (χ3n) is 3.78. The van der Waals surface area contributed by atoms with E-state index in [-0.39, 0.29) is 0 Å². The van der Waals surface area contributed by atoms with Gasteiger partial charge in [0.2, 0.25) is 0 Å². The first kappa shape index (κ1) is 10.2. The molecule has 0 radical (unpaired) electrons. The predicted molar refractivity (Wildman–Crippen MR) is 63.3 cm³/mol. The van der Waals surface area contributed by atoms with Crippen LogP contribution >= 0.6 is 0 Å². The molecule has 2 heteroatoms. The topological polar surface area (TPSA) is 36.9 Å². The van der Waals surface area contributed by atoms with Crippen molar-refractivity contribution < 1.29 is 10.5 Å². The van der Waals surface area contributed by atoms with Gasteiger partial charge in [-0.05, 0) is 42.7 Å². The zero-order chi connectivity index (χ0) is 11.0. The van der Waals surface area contributed by atoms with Crippen molar-refractivity contribution >= 4 is 0 Å². The molecule has 2 atom stereocenters. The second-order valence-corrected chi connectivity index (χ2v) is 5.18. The minimum atomic E-state index is 0.716. The van der Waals surface area contributed by atoms with Gasteiger partial charge in [-0.25, -0.2) is 0 Å². The summed E-state index contributed by atoms with van der Waals surface area (Å²) in [5, 5.41) is 0. The summed E-state index contributed by atoms with van der Waals surface area (Å²) in [6.07, 6.45) is 4.01. The molecule has 2 saturated carbocycles. The number of rotatable bonds is 5. The Bertz CT molecular complexity index is 373. The van der Waals surface area contributed by atoms with Gasteiger partial charge in [0.25, 0.3) is 0 Å². The third-order valence-corrected chi connectivity index (χ3v) is 3.78. The summed E-state index contributed by atoms with van der Waals surface area (Å²) in [5.74, 6) is 3.46. The maximum Gasteiger partial charge on any atom is 0.122 e. The summed E-state index contributed by atoms with van der Waals surface area (Å²) in [6.45, 7) is 1.97. The van der Waals surface area contributed by atoms with E-state index in [1.165, 1.54) is 24.8 Å². The first-order valence-corrected chi connectivity index (χ1v) is 6.39. The van der Waals surface area contributed by atoms with Crippen molar-refractivity contribution in [2.24, 2.45) is 11.8 Å². The SMILES string of the molecule is [NH3+]CC1CC1c1ccccc1OCC1CC1. The van der Waals surface area contributed by atoms with Crippen molar-refractivity contribution in [1.29, 1.82) is 0 Å². The predicted octanol–water partition coefficient (Wildman–Crippen LogP) is 1.82. The van der Waals surface area contributed by atoms with Crippen LogP contribution in [0, 0.1) is 11.8 Å². The second-order valence-electron chi connectivity index (χ2n) is 5.18. The van der Waals surface area contributed by atoms with Gasteiger partial charge in [0.15, 0.2) is 0 Å². The second kappa shape index (κ2) is 4.10. The van der Waals surface area contributed by atoms with Crippen LogP contribution in [-0.4, -0.2) is 13.2 Å². The summed E-state index contributed by atoms with van der Waals surface area (Å²) in [4.78, 5) is 0.